The highest BCUT2D eigenvalue weighted by Gasteiger charge is 2.14. The van der Waals surface area contributed by atoms with E-state index >= 15 is 0 Å². The number of nitrogens with zero attached hydrogens (tertiary/aromatic N) is 1. The second-order valence-electron chi connectivity index (χ2n) is 5.68. The third-order valence-electron chi connectivity index (χ3n) is 3.97. The van der Waals surface area contributed by atoms with E-state index in [4.69, 9.17) is 5.73 Å². The van der Waals surface area contributed by atoms with Gasteiger partial charge in [0.05, 0.1) is 0 Å². The summed E-state index contributed by atoms with van der Waals surface area (Å²) in [4.78, 5) is 14.2. The van der Waals surface area contributed by atoms with Gasteiger partial charge in [-0.05, 0) is 50.4 Å². The number of nitrogens with two attached hydrogens (primary N) is 1. The Labute approximate surface area is 128 Å². The van der Waals surface area contributed by atoms with Gasteiger partial charge in [0, 0.05) is 30.9 Å². The second kappa shape index (κ2) is 8.67. The smallest absolute Gasteiger partial charge is 0.253 e. The SMILES string of the molecule is CCN(CC)C(=O)c1cccc(NCC(CN)C(C)C)c1. The van der Waals surface area contributed by atoms with Gasteiger partial charge >= 0.3 is 0 Å². The first kappa shape index (κ1) is 17.5. The third-order valence-corrected chi connectivity index (χ3v) is 3.97. The van der Waals surface area contributed by atoms with Gasteiger partial charge in [-0.15, -0.1) is 0 Å². The van der Waals surface area contributed by atoms with Crippen molar-refractivity contribution in [2.24, 2.45) is 17.6 Å². The number of carbonyl (C=O) groups is 1. The topological polar surface area (TPSA) is 58.4 Å². The lowest BCUT2D eigenvalue weighted by Crippen LogP contribution is -2.30. The summed E-state index contributed by atoms with van der Waals surface area (Å²) in [6.45, 7) is 11.3. The largest absolute Gasteiger partial charge is 0.385 e. The molecule has 3 N–H and O–H groups in total. The third kappa shape index (κ3) is 5.05. The lowest BCUT2D eigenvalue weighted by Gasteiger charge is -2.21. The van der Waals surface area contributed by atoms with Crippen LogP contribution in [0.4, 0.5) is 5.69 Å². The van der Waals surface area contributed by atoms with E-state index < -0.39 is 0 Å². The van der Waals surface area contributed by atoms with E-state index in [-0.39, 0.29) is 5.91 Å². The van der Waals surface area contributed by atoms with Gasteiger partial charge < -0.3 is 16.0 Å². The molecule has 0 aliphatic rings. The van der Waals surface area contributed by atoms with Crippen LogP contribution in [0.15, 0.2) is 24.3 Å². The number of amides is 1. The Morgan fingerprint density at radius 3 is 2.48 bits per heavy atom. The van der Waals surface area contributed by atoms with Crippen LogP contribution in [-0.2, 0) is 0 Å². The number of benzene rings is 1. The molecule has 0 saturated carbocycles. The van der Waals surface area contributed by atoms with Crippen molar-refractivity contribution in [1.29, 1.82) is 0 Å². The van der Waals surface area contributed by atoms with Gasteiger partial charge in [-0.3, -0.25) is 4.79 Å². The molecule has 0 aliphatic heterocycles. The van der Waals surface area contributed by atoms with Crippen molar-refractivity contribution in [2.75, 3.05) is 31.5 Å². The van der Waals surface area contributed by atoms with Crippen LogP contribution >= 0.6 is 0 Å². The van der Waals surface area contributed by atoms with Gasteiger partial charge in [-0.1, -0.05) is 19.9 Å². The molecular formula is C17H29N3O. The van der Waals surface area contributed by atoms with Gasteiger partial charge in [0.25, 0.3) is 5.91 Å². The minimum absolute atomic E-state index is 0.0860. The van der Waals surface area contributed by atoms with Crippen molar-refractivity contribution >= 4 is 11.6 Å². The van der Waals surface area contributed by atoms with Gasteiger partial charge in [-0.25, -0.2) is 0 Å². The van der Waals surface area contributed by atoms with Crippen LogP contribution < -0.4 is 11.1 Å². The first-order valence-corrected chi connectivity index (χ1v) is 7.86. The van der Waals surface area contributed by atoms with E-state index in [9.17, 15) is 4.79 Å². The quantitative estimate of drug-likeness (QED) is 0.774. The van der Waals surface area contributed by atoms with E-state index in [1.54, 1.807) is 0 Å². The highest BCUT2D eigenvalue weighted by molar-refractivity contribution is 5.95. The normalized spacial score (nSPS) is 12.3. The van der Waals surface area contributed by atoms with E-state index in [0.717, 1.165) is 30.9 Å². The number of rotatable bonds is 8. The highest BCUT2D eigenvalue weighted by Crippen LogP contribution is 2.15. The maximum atomic E-state index is 12.3. The van der Waals surface area contributed by atoms with Crippen molar-refractivity contribution in [3.63, 3.8) is 0 Å². The predicted octanol–water partition coefficient (Wildman–Crippen LogP) is 2.81. The molecule has 4 nitrogen and oxygen atoms in total. The molecule has 1 atom stereocenters. The van der Waals surface area contributed by atoms with Crippen molar-refractivity contribution in [3.05, 3.63) is 29.8 Å². The number of hydrogen-bond acceptors (Lipinski definition) is 3. The zero-order valence-corrected chi connectivity index (χ0v) is 13.7. The molecule has 1 amide bonds. The lowest BCUT2D eigenvalue weighted by atomic mass is 9.96. The molecule has 1 aromatic rings. The zero-order chi connectivity index (χ0) is 15.8. The molecule has 0 aromatic heterocycles. The van der Waals surface area contributed by atoms with Gasteiger partial charge in [0.1, 0.15) is 0 Å². The lowest BCUT2D eigenvalue weighted by molar-refractivity contribution is 0.0773. The molecule has 0 heterocycles. The average molecular weight is 291 g/mol. The summed E-state index contributed by atoms with van der Waals surface area (Å²) in [6, 6.07) is 7.71. The maximum Gasteiger partial charge on any atom is 0.253 e. The van der Waals surface area contributed by atoms with Gasteiger partial charge in [0.2, 0.25) is 0 Å². The molecule has 1 rings (SSSR count). The number of nitrogens with one attached hydrogen (secondary N) is 1. The molecule has 0 radical (unpaired) electrons. The summed E-state index contributed by atoms with van der Waals surface area (Å²) >= 11 is 0. The predicted molar refractivity (Wildman–Crippen MR) is 89.6 cm³/mol. The van der Waals surface area contributed by atoms with E-state index in [0.29, 0.717) is 18.4 Å². The molecule has 1 unspecified atom stereocenters. The summed E-state index contributed by atoms with van der Waals surface area (Å²) in [6.07, 6.45) is 0. The summed E-state index contributed by atoms with van der Waals surface area (Å²) in [7, 11) is 0. The van der Waals surface area contributed by atoms with Crippen LogP contribution in [0.25, 0.3) is 0 Å². The van der Waals surface area contributed by atoms with Crippen LogP contribution in [0.3, 0.4) is 0 Å². The van der Waals surface area contributed by atoms with E-state index in [2.05, 4.69) is 19.2 Å². The molecule has 4 heteroatoms. The number of carbonyl (C=O) groups excluding carboxylic acids is 1. The van der Waals surface area contributed by atoms with Crippen LogP contribution in [0.1, 0.15) is 38.1 Å². The van der Waals surface area contributed by atoms with Crippen LogP contribution in [-0.4, -0.2) is 37.0 Å². The molecule has 1 aromatic carbocycles. The fraction of sp³-hybridized carbons (Fsp3) is 0.588. The summed E-state index contributed by atoms with van der Waals surface area (Å²) in [5, 5.41) is 3.40. The minimum atomic E-state index is 0.0860. The van der Waals surface area contributed by atoms with Gasteiger partial charge in [0.15, 0.2) is 0 Å². The molecule has 0 spiro atoms. The molecule has 0 aliphatic carbocycles. The molecule has 21 heavy (non-hydrogen) atoms. The van der Waals surface area contributed by atoms with E-state index in [1.165, 1.54) is 0 Å². The molecule has 0 fully saturated rings. The van der Waals surface area contributed by atoms with Crippen molar-refractivity contribution in [1.82, 2.24) is 4.90 Å². The minimum Gasteiger partial charge on any atom is -0.385 e. The zero-order valence-electron chi connectivity index (χ0n) is 13.7. The first-order valence-electron chi connectivity index (χ1n) is 7.86. The van der Waals surface area contributed by atoms with Crippen molar-refractivity contribution in [2.45, 2.75) is 27.7 Å². The Hall–Kier alpha value is -1.55. The van der Waals surface area contributed by atoms with Crippen LogP contribution in [0.2, 0.25) is 0 Å². The summed E-state index contributed by atoms with van der Waals surface area (Å²) in [5.41, 5.74) is 7.50. The number of hydrogen-bond donors (Lipinski definition) is 2. The standard InChI is InChI=1S/C17H29N3O/c1-5-20(6-2)17(21)14-8-7-9-16(10-14)19-12-15(11-18)13(3)4/h7-10,13,15,19H,5-6,11-12,18H2,1-4H3. The Morgan fingerprint density at radius 1 is 1.29 bits per heavy atom. The Kier molecular flexibility index (Phi) is 7.23. The van der Waals surface area contributed by atoms with E-state index in [1.807, 2.05) is 43.0 Å². The molecule has 0 saturated heterocycles. The second-order valence-corrected chi connectivity index (χ2v) is 5.68. The maximum absolute atomic E-state index is 12.3. The Balaban J connectivity index is 2.74. The molecule has 0 bridgehead atoms. The highest BCUT2D eigenvalue weighted by atomic mass is 16.2. The Bertz CT molecular complexity index is 441. The fourth-order valence-corrected chi connectivity index (χ4v) is 2.30. The van der Waals surface area contributed by atoms with Gasteiger partial charge in [-0.2, -0.15) is 0 Å². The monoisotopic (exact) mass is 291 g/mol. The van der Waals surface area contributed by atoms with Crippen molar-refractivity contribution in [3.8, 4) is 0 Å². The first-order chi connectivity index (χ1) is 10.0. The number of anilines is 1. The average Bonchev–Trinajstić information content (AvgIpc) is 2.49. The fourth-order valence-electron chi connectivity index (χ4n) is 2.30. The molecule has 118 valence electrons. The Morgan fingerprint density at radius 2 is 1.95 bits per heavy atom. The summed E-state index contributed by atoms with van der Waals surface area (Å²) in [5.74, 6) is 1.07. The summed E-state index contributed by atoms with van der Waals surface area (Å²) < 4.78 is 0. The van der Waals surface area contributed by atoms with Crippen LogP contribution in [0.5, 0.6) is 0 Å². The van der Waals surface area contributed by atoms with Crippen molar-refractivity contribution < 1.29 is 4.79 Å². The molecular weight excluding hydrogens is 262 g/mol. The van der Waals surface area contributed by atoms with Crippen LogP contribution in [0, 0.1) is 11.8 Å².